The molecule has 2 atom stereocenters. The van der Waals surface area contributed by atoms with Crippen LogP contribution in [0, 0.1) is 0 Å². The first-order valence-electron chi connectivity index (χ1n) is 21.2. The lowest BCUT2D eigenvalue weighted by molar-refractivity contribution is 0.103. The maximum absolute atomic E-state index is 13.3. The average Bonchev–Trinajstić information content (AvgIpc) is 3.96. The molecule has 1 heterocycles. The minimum Gasteiger partial charge on any atom is -0.493 e. The number of ketones is 2. The molecule has 4 aromatic rings. The highest BCUT2D eigenvalue weighted by atomic mass is 16.5. The summed E-state index contributed by atoms with van der Waals surface area (Å²) >= 11 is 0. The van der Waals surface area contributed by atoms with Crippen molar-refractivity contribution in [2.24, 2.45) is 0 Å². The normalized spacial score (nSPS) is 15.2. The minimum absolute atomic E-state index is 0.0151. The van der Waals surface area contributed by atoms with E-state index in [1.54, 1.807) is 12.1 Å². The number of hydrogen-bond acceptors (Lipinski definition) is 12. The molecular formula is C47H60N4O8. The molecule has 1 saturated heterocycles. The molecule has 2 unspecified atom stereocenters. The molecule has 1 fully saturated rings. The van der Waals surface area contributed by atoms with Gasteiger partial charge in [0, 0.05) is 58.1 Å². The van der Waals surface area contributed by atoms with Crippen LogP contribution in [0.25, 0.3) is 22.3 Å². The van der Waals surface area contributed by atoms with E-state index in [2.05, 4.69) is 31.0 Å². The molecule has 316 valence electrons. The summed E-state index contributed by atoms with van der Waals surface area (Å²) in [5, 5.41) is 3.48. The Balaban J connectivity index is 0.000000198. The van der Waals surface area contributed by atoms with Crippen LogP contribution in [0.15, 0.2) is 48.5 Å². The maximum atomic E-state index is 13.3. The SMILES string of the molecule is CCOc1cc(OCC)c2c(c1N)C(=O)c1cccc(OC(C)C3CCCN3)c1-2.CCOc1cc(OCC)c2c(c1N)C(=O)c1cccc(OCCCN(CC)CC)c1-2. The molecule has 5 N–H and O–H groups in total. The van der Waals surface area contributed by atoms with Gasteiger partial charge < -0.3 is 50.1 Å². The summed E-state index contributed by atoms with van der Waals surface area (Å²) < 4.78 is 35.6. The number of ether oxygens (including phenoxy) is 6. The van der Waals surface area contributed by atoms with E-state index in [4.69, 9.17) is 39.9 Å². The summed E-state index contributed by atoms with van der Waals surface area (Å²) in [6, 6.07) is 15.0. The van der Waals surface area contributed by atoms with Crippen LogP contribution in [-0.2, 0) is 0 Å². The van der Waals surface area contributed by atoms with E-state index < -0.39 is 0 Å². The molecule has 0 aromatic heterocycles. The van der Waals surface area contributed by atoms with Gasteiger partial charge in [0.15, 0.2) is 11.6 Å². The smallest absolute Gasteiger partial charge is 0.196 e. The monoisotopic (exact) mass is 808 g/mol. The first kappa shape index (κ1) is 43.1. The number of nitrogens with zero attached hydrogens (tertiary/aromatic N) is 1. The second kappa shape index (κ2) is 19.5. The van der Waals surface area contributed by atoms with Gasteiger partial charge in [0.1, 0.15) is 40.6 Å². The Hall–Kier alpha value is -5.46. The molecule has 0 bridgehead atoms. The Kier molecular flexibility index (Phi) is 14.3. The van der Waals surface area contributed by atoms with Gasteiger partial charge in [0.05, 0.1) is 55.5 Å². The molecule has 0 amide bonds. The van der Waals surface area contributed by atoms with Crippen LogP contribution in [-0.4, -0.2) is 87.8 Å². The first-order valence-corrected chi connectivity index (χ1v) is 21.2. The van der Waals surface area contributed by atoms with Crippen LogP contribution in [0.4, 0.5) is 11.4 Å². The average molecular weight is 809 g/mol. The number of fused-ring (bicyclic) bond motifs is 6. The van der Waals surface area contributed by atoms with Crippen molar-refractivity contribution in [1.82, 2.24) is 10.2 Å². The molecule has 12 nitrogen and oxygen atoms in total. The van der Waals surface area contributed by atoms with Gasteiger partial charge in [-0.3, -0.25) is 9.59 Å². The van der Waals surface area contributed by atoms with Gasteiger partial charge in [-0.15, -0.1) is 0 Å². The van der Waals surface area contributed by atoms with Crippen molar-refractivity contribution in [1.29, 1.82) is 0 Å². The van der Waals surface area contributed by atoms with Crippen molar-refractivity contribution in [2.75, 3.05) is 70.7 Å². The Morgan fingerprint density at radius 3 is 1.61 bits per heavy atom. The topological polar surface area (TPSA) is 157 Å². The minimum atomic E-state index is -0.118. The number of rotatable bonds is 18. The molecule has 0 spiro atoms. The Morgan fingerprint density at radius 2 is 1.14 bits per heavy atom. The van der Waals surface area contributed by atoms with Gasteiger partial charge >= 0.3 is 0 Å². The number of carbonyl (C=O) groups is 2. The van der Waals surface area contributed by atoms with Crippen LogP contribution in [0.2, 0.25) is 0 Å². The summed E-state index contributed by atoms with van der Waals surface area (Å²) in [6.45, 7) is 20.4. The highest BCUT2D eigenvalue weighted by Gasteiger charge is 2.38. The first-order chi connectivity index (χ1) is 28.6. The lowest BCUT2D eigenvalue weighted by Crippen LogP contribution is -2.36. The summed E-state index contributed by atoms with van der Waals surface area (Å²) in [6.07, 6.45) is 3.13. The summed E-state index contributed by atoms with van der Waals surface area (Å²) in [4.78, 5) is 28.8. The molecule has 4 aromatic carbocycles. The maximum Gasteiger partial charge on any atom is 0.196 e. The van der Waals surface area contributed by atoms with Gasteiger partial charge in [0.25, 0.3) is 0 Å². The number of anilines is 2. The van der Waals surface area contributed by atoms with Gasteiger partial charge in [-0.2, -0.15) is 0 Å². The summed E-state index contributed by atoms with van der Waals surface area (Å²) in [5.41, 5.74) is 18.4. The number of carbonyl (C=O) groups excluding carboxylic acids is 2. The van der Waals surface area contributed by atoms with Crippen LogP contribution >= 0.6 is 0 Å². The Morgan fingerprint density at radius 1 is 0.644 bits per heavy atom. The highest BCUT2D eigenvalue weighted by molar-refractivity contribution is 6.27. The van der Waals surface area contributed by atoms with Crippen LogP contribution in [0.3, 0.4) is 0 Å². The number of hydrogen-bond donors (Lipinski definition) is 3. The lowest BCUT2D eigenvalue weighted by Gasteiger charge is -2.23. The molecule has 12 heteroatoms. The van der Waals surface area contributed by atoms with Crippen molar-refractivity contribution in [3.8, 4) is 56.8 Å². The molecule has 3 aliphatic rings. The Labute approximate surface area is 348 Å². The molecule has 1 aliphatic heterocycles. The van der Waals surface area contributed by atoms with Crippen LogP contribution < -0.4 is 45.2 Å². The second-order valence-electron chi connectivity index (χ2n) is 14.6. The number of benzene rings is 4. The third-order valence-corrected chi connectivity index (χ3v) is 11.0. The van der Waals surface area contributed by atoms with Gasteiger partial charge in [0.2, 0.25) is 0 Å². The second-order valence-corrected chi connectivity index (χ2v) is 14.6. The van der Waals surface area contributed by atoms with Crippen molar-refractivity contribution in [3.05, 3.63) is 70.8 Å². The molecule has 0 radical (unpaired) electrons. The van der Waals surface area contributed by atoms with Crippen molar-refractivity contribution in [2.45, 2.75) is 79.9 Å². The lowest BCUT2D eigenvalue weighted by atomic mass is 10.0. The number of nitrogen functional groups attached to an aromatic ring is 2. The fourth-order valence-electron chi connectivity index (χ4n) is 8.21. The summed E-state index contributed by atoms with van der Waals surface area (Å²) in [5.74, 6) is 3.26. The van der Waals surface area contributed by atoms with Crippen molar-refractivity contribution < 1.29 is 38.0 Å². The molecule has 7 rings (SSSR count). The predicted molar refractivity (Wildman–Crippen MR) is 233 cm³/mol. The largest absolute Gasteiger partial charge is 0.493 e. The van der Waals surface area contributed by atoms with Gasteiger partial charge in [-0.1, -0.05) is 38.1 Å². The van der Waals surface area contributed by atoms with E-state index in [1.165, 1.54) is 0 Å². The fourth-order valence-corrected chi connectivity index (χ4v) is 8.21. The van der Waals surface area contributed by atoms with E-state index in [1.807, 2.05) is 64.1 Å². The zero-order chi connectivity index (χ0) is 42.2. The van der Waals surface area contributed by atoms with E-state index in [-0.39, 0.29) is 17.7 Å². The summed E-state index contributed by atoms with van der Waals surface area (Å²) in [7, 11) is 0. The van der Waals surface area contributed by atoms with E-state index >= 15 is 0 Å². The molecular weight excluding hydrogens is 749 g/mol. The zero-order valence-electron chi connectivity index (χ0n) is 35.6. The standard InChI is InChI=1S/C24H32N2O4.C23H28N2O4/c1-5-26(6-2)13-10-14-30-17-12-9-11-16-20(17)21-18(28-7-3)15-19(29-8-4)23(25)22(21)24(16)27;1-4-27-17-12-18(28-5-2)22(24)21-20(17)19-14(23(21)26)8-6-10-16(19)29-13(3)15-9-7-11-25-15/h9,11-12,15H,5-8,10,13-14,25H2,1-4H3;6,8,10,12-13,15,25H,4-5,7,9,11,24H2,1-3H3. The highest BCUT2D eigenvalue weighted by Crippen LogP contribution is 2.53. The van der Waals surface area contributed by atoms with Crippen molar-refractivity contribution >= 4 is 22.9 Å². The predicted octanol–water partition coefficient (Wildman–Crippen LogP) is 8.19. The van der Waals surface area contributed by atoms with E-state index in [0.717, 1.165) is 56.6 Å². The molecule has 59 heavy (non-hydrogen) atoms. The quantitative estimate of drug-likeness (QED) is 0.0566. The molecule has 0 saturated carbocycles. The van der Waals surface area contributed by atoms with Crippen LogP contribution in [0.1, 0.15) is 99.6 Å². The number of nitrogens with two attached hydrogens (primary N) is 2. The third kappa shape index (κ3) is 8.65. The van der Waals surface area contributed by atoms with Gasteiger partial charge in [-0.05, 0) is 85.6 Å². The van der Waals surface area contributed by atoms with E-state index in [0.29, 0.717) is 118 Å². The zero-order valence-corrected chi connectivity index (χ0v) is 35.6. The van der Waals surface area contributed by atoms with Crippen LogP contribution in [0.5, 0.6) is 34.5 Å². The number of nitrogens with one attached hydrogen (secondary N) is 1. The van der Waals surface area contributed by atoms with E-state index in [9.17, 15) is 9.59 Å². The van der Waals surface area contributed by atoms with Crippen molar-refractivity contribution in [3.63, 3.8) is 0 Å². The fraction of sp³-hybridized carbons (Fsp3) is 0.447. The third-order valence-electron chi connectivity index (χ3n) is 11.0. The molecule has 2 aliphatic carbocycles. The van der Waals surface area contributed by atoms with Gasteiger partial charge in [-0.25, -0.2) is 0 Å². The Bertz CT molecular complexity index is 2140.